The standard InChI is InChI=1S/C30H45NO4/c31-16-15-23-8-7-22(17-23)5-3-1-2-4-6-27-19-24(18-25(21-32)20-30(34)35)9-14-29(27)26-10-12-28(33)13-11-26/h10-13,17-18,22,25,27,29,32-33H,1-9,14-16,19-21,31H2,(H,34,35). The van der Waals surface area contributed by atoms with E-state index in [-0.39, 0.29) is 18.9 Å². The number of nitrogens with two attached hydrogens (primary N) is 1. The van der Waals surface area contributed by atoms with Crippen molar-refractivity contribution >= 4 is 5.97 Å². The monoisotopic (exact) mass is 483 g/mol. The van der Waals surface area contributed by atoms with Crippen molar-refractivity contribution in [2.24, 2.45) is 23.5 Å². The van der Waals surface area contributed by atoms with E-state index in [4.69, 9.17) is 10.8 Å². The molecular formula is C30H45NO4. The topological polar surface area (TPSA) is 104 Å². The normalized spacial score (nSPS) is 24.5. The lowest BCUT2D eigenvalue weighted by Crippen LogP contribution is -2.20. The van der Waals surface area contributed by atoms with Gasteiger partial charge in [-0.05, 0) is 93.4 Å². The number of unbranched alkanes of at least 4 members (excludes halogenated alkanes) is 3. The maximum absolute atomic E-state index is 11.1. The molecule has 1 fully saturated rings. The summed E-state index contributed by atoms with van der Waals surface area (Å²) < 4.78 is 0. The van der Waals surface area contributed by atoms with Crippen LogP contribution in [0.15, 0.2) is 47.6 Å². The average Bonchev–Trinajstić information content (AvgIpc) is 3.29. The number of carbonyl (C=O) groups is 1. The molecule has 1 saturated carbocycles. The molecule has 5 heteroatoms. The van der Waals surface area contributed by atoms with E-state index in [1.54, 1.807) is 17.7 Å². The molecule has 0 aromatic heterocycles. The first-order valence-electron chi connectivity index (χ1n) is 13.7. The van der Waals surface area contributed by atoms with Crippen molar-refractivity contribution < 1.29 is 20.1 Å². The number of aromatic hydroxyl groups is 1. The minimum atomic E-state index is -0.862. The molecule has 0 bridgehead atoms. The average molecular weight is 484 g/mol. The van der Waals surface area contributed by atoms with Gasteiger partial charge in [-0.15, -0.1) is 0 Å². The zero-order chi connectivity index (χ0) is 25.0. The van der Waals surface area contributed by atoms with Crippen LogP contribution in [0.25, 0.3) is 0 Å². The first kappa shape index (κ1) is 27.5. The van der Waals surface area contributed by atoms with Crippen molar-refractivity contribution in [1.82, 2.24) is 0 Å². The number of hydrogen-bond donors (Lipinski definition) is 4. The van der Waals surface area contributed by atoms with Crippen LogP contribution in [0.3, 0.4) is 0 Å². The van der Waals surface area contributed by atoms with Gasteiger partial charge in [-0.1, -0.05) is 61.1 Å². The number of allylic oxidation sites excluding steroid dienone is 2. The largest absolute Gasteiger partial charge is 0.508 e. The number of aliphatic hydroxyl groups excluding tert-OH is 1. The molecule has 1 aromatic carbocycles. The third-order valence-corrected chi connectivity index (χ3v) is 8.01. The Kier molecular flexibility index (Phi) is 11.3. The Hall–Kier alpha value is -2.11. The SMILES string of the molecule is NCCC1=CC(CCCCCCC2CC(=CC(CO)CC(=O)O)CCC2c2ccc(O)cc2)CC1. The summed E-state index contributed by atoms with van der Waals surface area (Å²) in [5, 5.41) is 28.5. The molecule has 35 heavy (non-hydrogen) atoms. The van der Waals surface area contributed by atoms with E-state index in [0.29, 0.717) is 17.6 Å². The number of benzene rings is 1. The Morgan fingerprint density at radius 2 is 1.80 bits per heavy atom. The smallest absolute Gasteiger partial charge is 0.304 e. The molecule has 5 nitrogen and oxygen atoms in total. The number of carboxylic acids is 1. The Balaban J connectivity index is 1.51. The summed E-state index contributed by atoms with van der Waals surface area (Å²) in [4.78, 5) is 11.1. The number of aliphatic hydroxyl groups is 1. The van der Waals surface area contributed by atoms with Gasteiger partial charge in [0, 0.05) is 12.5 Å². The van der Waals surface area contributed by atoms with Gasteiger partial charge in [0.25, 0.3) is 0 Å². The van der Waals surface area contributed by atoms with E-state index < -0.39 is 5.97 Å². The van der Waals surface area contributed by atoms with Crippen LogP contribution in [-0.2, 0) is 4.79 Å². The number of phenols is 1. The van der Waals surface area contributed by atoms with Crippen LogP contribution in [0.4, 0.5) is 0 Å². The Labute approximate surface area is 211 Å². The van der Waals surface area contributed by atoms with Crippen LogP contribution >= 0.6 is 0 Å². The van der Waals surface area contributed by atoms with Gasteiger partial charge in [-0.25, -0.2) is 0 Å². The molecule has 0 aliphatic heterocycles. The van der Waals surface area contributed by atoms with E-state index in [2.05, 4.69) is 18.2 Å². The molecule has 5 N–H and O–H groups in total. The minimum Gasteiger partial charge on any atom is -0.508 e. The zero-order valence-electron chi connectivity index (χ0n) is 21.2. The summed E-state index contributed by atoms with van der Waals surface area (Å²) in [6, 6.07) is 7.67. The van der Waals surface area contributed by atoms with E-state index in [9.17, 15) is 15.0 Å². The summed E-state index contributed by atoms with van der Waals surface area (Å²) >= 11 is 0. The van der Waals surface area contributed by atoms with Crippen LogP contribution in [0.1, 0.15) is 95.0 Å². The second kappa shape index (κ2) is 14.4. The van der Waals surface area contributed by atoms with E-state index >= 15 is 0 Å². The highest BCUT2D eigenvalue weighted by Gasteiger charge is 2.29. The Bertz CT molecular complexity index is 844. The van der Waals surface area contributed by atoms with Gasteiger partial charge in [-0.2, -0.15) is 0 Å². The molecule has 0 spiro atoms. The molecule has 2 aliphatic carbocycles. The highest BCUT2D eigenvalue weighted by Crippen LogP contribution is 2.43. The van der Waals surface area contributed by atoms with E-state index in [1.165, 1.54) is 56.1 Å². The first-order chi connectivity index (χ1) is 17.0. The second-order valence-corrected chi connectivity index (χ2v) is 10.7. The van der Waals surface area contributed by atoms with Crippen LogP contribution < -0.4 is 5.73 Å². The van der Waals surface area contributed by atoms with Gasteiger partial charge >= 0.3 is 5.97 Å². The molecule has 2 aliphatic rings. The quantitative estimate of drug-likeness (QED) is 0.183. The fraction of sp³-hybridized carbons (Fsp3) is 0.633. The maximum atomic E-state index is 11.1. The van der Waals surface area contributed by atoms with Crippen molar-refractivity contribution in [3.63, 3.8) is 0 Å². The summed E-state index contributed by atoms with van der Waals surface area (Å²) in [5.41, 5.74) is 9.84. The van der Waals surface area contributed by atoms with Gasteiger partial charge in [0.2, 0.25) is 0 Å². The molecule has 0 amide bonds. The van der Waals surface area contributed by atoms with Gasteiger partial charge in [0.1, 0.15) is 5.75 Å². The molecule has 3 rings (SSSR count). The van der Waals surface area contributed by atoms with Crippen molar-refractivity contribution in [3.8, 4) is 5.75 Å². The second-order valence-electron chi connectivity index (χ2n) is 10.7. The van der Waals surface area contributed by atoms with E-state index in [1.807, 2.05) is 6.08 Å². The predicted octanol–water partition coefficient (Wildman–Crippen LogP) is 6.31. The fourth-order valence-corrected chi connectivity index (χ4v) is 6.17. The molecular weight excluding hydrogens is 438 g/mol. The fourth-order valence-electron chi connectivity index (χ4n) is 6.17. The van der Waals surface area contributed by atoms with Crippen LogP contribution in [0.5, 0.6) is 5.75 Å². The van der Waals surface area contributed by atoms with Crippen molar-refractivity contribution in [2.45, 2.75) is 89.4 Å². The van der Waals surface area contributed by atoms with Crippen LogP contribution in [0.2, 0.25) is 0 Å². The van der Waals surface area contributed by atoms with Crippen molar-refractivity contribution in [2.75, 3.05) is 13.2 Å². The first-order valence-corrected chi connectivity index (χ1v) is 13.7. The van der Waals surface area contributed by atoms with Gasteiger partial charge in [-0.3, -0.25) is 4.79 Å². The minimum absolute atomic E-state index is 0.0179. The van der Waals surface area contributed by atoms with Gasteiger partial charge in [0.15, 0.2) is 0 Å². The van der Waals surface area contributed by atoms with E-state index in [0.717, 1.165) is 44.6 Å². The Morgan fingerprint density at radius 1 is 1.06 bits per heavy atom. The highest BCUT2D eigenvalue weighted by atomic mass is 16.4. The molecule has 0 heterocycles. The number of aliphatic carboxylic acids is 1. The molecule has 1 aromatic rings. The third kappa shape index (κ3) is 9.12. The summed E-state index contributed by atoms with van der Waals surface area (Å²) in [6.07, 6.45) is 18.5. The lowest BCUT2D eigenvalue weighted by molar-refractivity contribution is -0.138. The summed E-state index contributed by atoms with van der Waals surface area (Å²) in [5.74, 6) is 0.868. The van der Waals surface area contributed by atoms with Gasteiger partial charge in [0.05, 0.1) is 6.42 Å². The van der Waals surface area contributed by atoms with Crippen molar-refractivity contribution in [1.29, 1.82) is 0 Å². The highest BCUT2D eigenvalue weighted by molar-refractivity contribution is 5.67. The lowest BCUT2D eigenvalue weighted by Gasteiger charge is -2.34. The Morgan fingerprint density at radius 3 is 2.49 bits per heavy atom. The molecule has 4 atom stereocenters. The van der Waals surface area contributed by atoms with Crippen LogP contribution in [-0.4, -0.2) is 34.4 Å². The van der Waals surface area contributed by atoms with Gasteiger partial charge < -0.3 is 21.1 Å². The maximum Gasteiger partial charge on any atom is 0.304 e. The zero-order valence-corrected chi connectivity index (χ0v) is 21.2. The van der Waals surface area contributed by atoms with Crippen LogP contribution in [0, 0.1) is 17.8 Å². The number of phenolic OH excluding ortho intramolecular Hbond substituents is 1. The summed E-state index contributed by atoms with van der Waals surface area (Å²) in [6.45, 7) is 0.647. The molecule has 0 saturated heterocycles. The molecule has 194 valence electrons. The predicted molar refractivity (Wildman–Crippen MR) is 141 cm³/mol. The summed E-state index contributed by atoms with van der Waals surface area (Å²) in [7, 11) is 0. The van der Waals surface area contributed by atoms with Crippen molar-refractivity contribution in [3.05, 3.63) is 53.1 Å². The molecule has 0 radical (unpaired) electrons. The number of hydrogen-bond acceptors (Lipinski definition) is 4. The lowest BCUT2D eigenvalue weighted by atomic mass is 9.71. The third-order valence-electron chi connectivity index (χ3n) is 8.01. The number of carboxylic acid groups (broad SMARTS) is 1. The molecule has 4 unspecified atom stereocenters. The number of rotatable bonds is 14.